The van der Waals surface area contributed by atoms with Crippen molar-refractivity contribution in [3.8, 4) is 0 Å². The quantitative estimate of drug-likeness (QED) is 0.719. The van der Waals surface area contributed by atoms with E-state index in [0.29, 0.717) is 0 Å². The predicted octanol–water partition coefficient (Wildman–Crippen LogP) is 2.35. The highest BCUT2D eigenvalue weighted by atomic mass is 35.5. The Balaban J connectivity index is 2.73. The smallest absolute Gasteiger partial charge is 0.0615 e. The van der Waals surface area contributed by atoms with E-state index in [2.05, 4.69) is 0 Å². The van der Waals surface area contributed by atoms with Gasteiger partial charge >= 0.3 is 0 Å². The van der Waals surface area contributed by atoms with Crippen LogP contribution in [0.2, 0.25) is 5.02 Å². The third kappa shape index (κ3) is 2.74. The summed E-state index contributed by atoms with van der Waals surface area (Å²) in [7, 11) is 0. The number of benzene rings is 1. The van der Waals surface area contributed by atoms with Crippen molar-refractivity contribution in [3.05, 3.63) is 40.9 Å². The molecule has 0 amide bonds. The van der Waals surface area contributed by atoms with Crippen LogP contribution in [0.3, 0.4) is 0 Å². The molecule has 0 saturated carbocycles. The number of rotatable bonds is 2. The minimum atomic E-state index is 0.0721. The first kappa shape index (κ1) is 8.31. The van der Waals surface area contributed by atoms with Gasteiger partial charge in [0, 0.05) is 5.02 Å². The molecule has 0 atom stereocenters. The molecule has 1 rings (SSSR count). The highest BCUT2D eigenvalue weighted by Crippen LogP contribution is 2.10. The van der Waals surface area contributed by atoms with Crippen molar-refractivity contribution >= 4 is 17.7 Å². The fourth-order valence-corrected chi connectivity index (χ4v) is 0.889. The number of halogens is 1. The first-order valence-electron chi connectivity index (χ1n) is 3.36. The molecule has 1 aromatic carbocycles. The lowest BCUT2D eigenvalue weighted by atomic mass is 10.2. The van der Waals surface area contributed by atoms with Gasteiger partial charge in [-0.2, -0.15) is 0 Å². The van der Waals surface area contributed by atoms with Gasteiger partial charge in [0.15, 0.2) is 0 Å². The van der Waals surface area contributed by atoms with Gasteiger partial charge in [0.2, 0.25) is 0 Å². The topological polar surface area (TPSA) is 20.2 Å². The van der Waals surface area contributed by atoms with Gasteiger partial charge in [-0.3, -0.25) is 0 Å². The van der Waals surface area contributed by atoms with Crippen LogP contribution in [0.5, 0.6) is 0 Å². The van der Waals surface area contributed by atoms with Crippen LogP contribution < -0.4 is 0 Å². The molecular formula is C9H9ClO. The maximum atomic E-state index is 8.47. The van der Waals surface area contributed by atoms with Crippen LogP contribution >= 0.6 is 11.6 Å². The second-order valence-corrected chi connectivity index (χ2v) is 2.57. The monoisotopic (exact) mass is 168 g/mol. The van der Waals surface area contributed by atoms with Gasteiger partial charge in [0.05, 0.1) is 6.61 Å². The summed E-state index contributed by atoms with van der Waals surface area (Å²) in [5, 5.41) is 9.20. The Labute approximate surface area is 70.9 Å². The molecule has 0 bridgehead atoms. The third-order valence-electron chi connectivity index (χ3n) is 1.29. The summed E-state index contributed by atoms with van der Waals surface area (Å²) in [4.78, 5) is 0. The van der Waals surface area contributed by atoms with Crippen LogP contribution in [0.15, 0.2) is 30.3 Å². The normalized spacial score (nSPS) is 10.7. The molecule has 2 heteroatoms. The molecule has 1 aromatic rings. The molecule has 0 aromatic heterocycles. The van der Waals surface area contributed by atoms with Crippen molar-refractivity contribution in [3.63, 3.8) is 0 Å². The van der Waals surface area contributed by atoms with E-state index in [1.807, 2.05) is 30.3 Å². The Morgan fingerprint density at radius 3 is 2.45 bits per heavy atom. The highest BCUT2D eigenvalue weighted by Gasteiger charge is 1.85. The number of hydrogen-bond acceptors (Lipinski definition) is 1. The molecule has 58 valence electrons. The number of aliphatic hydroxyl groups excluding tert-OH is 1. The summed E-state index contributed by atoms with van der Waals surface area (Å²) in [6.45, 7) is 0.0721. The second kappa shape index (κ2) is 4.16. The maximum Gasteiger partial charge on any atom is 0.0615 e. The van der Waals surface area contributed by atoms with Crippen LogP contribution in [0, 0.1) is 0 Å². The van der Waals surface area contributed by atoms with Gasteiger partial charge in [0.25, 0.3) is 0 Å². The zero-order valence-electron chi connectivity index (χ0n) is 6.00. The first-order chi connectivity index (χ1) is 5.33. The minimum Gasteiger partial charge on any atom is -0.392 e. The molecule has 0 saturated heterocycles. The summed E-state index contributed by atoms with van der Waals surface area (Å²) >= 11 is 5.67. The van der Waals surface area contributed by atoms with Gasteiger partial charge in [-0.15, -0.1) is 0 Å². The van der Waals surface area contributed by atoms with E-state index in [9.17, 15) is 0 Å². The summed E-state index contributed by atoms with van der Waals surface area (Å²) in [5.41, 5.74) is 1.04. The first-order valence-corrected chi connectivity index (χ1v) is 3.73. The predicted molar refractivity (Wildman–Crippen MR) is 47.6 cm³/mol. The number of aliphatic hydroxyl groups is 1. The summed E-state index contributed by atoms with van der Waals surface area (Å²) in [5.74, 6) is 0. The minimum absolute atomic E-state index is 0.0721. The fraction of sp³-hybridized carbons (Fsp3) is 0.111. The zero-order valence-corrected chi connectivity index (χ0v) is 6.75. The average Bonchev–Trinajstić information content (AvgIpc) is 2.04. The van der Waals surface area contributed by atoms with Crippen LogP contribution in [-0.4, -0.2) is 11.7 Å². The molecule has 0 fully saturated rings. The lowest BCUT2D eigenvalue weighted by Crippen LogP contribution is -1.73. The van der Waals surface area contributed by atoms with Gasteiger partial charge in [-0.05, 0) is 17.7 Å². The van der Waals surface area contributed by atoms with E-state index in [1.54, 1.807) is 6.08 Å². The zero-order chi connectivity index (χ0) is 8.10. The Kier molecular flexibility index (Phi) is 3.14. The molecule has 0 aliphatic carbocycles. The standard InChI is InChI=1S/C9H9ClO/c10-9-5-3-8(4-6-9)2-1-7-11/h1-6,11H,7H2/b2-1-. The highest BCUT2D eigenvalue weighted by molar-refractivity contribution is 6.30. The molecule has 1 nitrogen and oxygen atoms in total. The van der Waals surface area contributed by atoms with E-state index in [1.165, 1.54) is 0 Å². The summed E-state index contributed by atoms with van der Waals surface area (Å²) in [6.07, 6.45) is 3.53. The van der Waals surface area contributed by atoms with Crippen LogP contribution in [0.1, 0.15) is 5.56 Å². The molecule has 0 heterocycles. The molecule has 0 spiro atoms. The maximum absolute atomic E-state index is 8.47. The van der Waals surface area contributed by atoms with Gasteiger partial charge in [0.1, 0.15) is 0 Å². The van der Waals surface area contributed by atoms with Crippen molar-refractivity contribution in [2.24, 2.45) is 0 Å². The van der Waals surface area contributed by atoms with Crippen molar-refractivity contribution in [1.82, 2.24) is 0 Å². The molecule has 11 heavy (non-hydrogen) atoms. The Morgan fingerprint density at radius 1 is 1.27 bits per heavy atom. The van der Waals surface area contributed by atoms with Gasteiger partial charge < -0.3 is 5.11 Å². The molecule has 0 aliphatic rings. The average molecular weight is 169 g/mol. The van der Waals surface area contributed by atoms with E-state index in [-0.39, 0.29) is 6.61 Å². The third-order valence-corrected chi connectivity index (χ3v) is 1.54. The Bertz CT molecular complexity index is 238. The summed E-state index contributed by atoms with van der Waals surface area (Å²) in [6, 6.07) is 7.43. The van der Waals surface area contributed by atoms with Crippen molar-refractivity contribution in [1.29, 1.82) is 0 Å². The van der Waals surface area contributed by atoms with E-state index < -0.39 is 0 Å². The molecule has 0 radical (unpaired) electrons. The van der Waals surface area contributed by atoms with Gasteiger partial charge in [-0.1, -0.05) is 35.9 Å². The van der Waals surface area contributed by atoms with Crippen LogP contribution in [0.4, 0.5) is 0 Å². The SMILES string of the molecule is OC/C=C\c1ccc(Cl)cc1. The second-order valence-electron chi connectivity index (χ2n) is 2.14. The molecule has 0 unspecified atom stereocenters. The molecule has 0 aliphatic heterocycles. The Morgan fingerprint density at radius 2 is 1.91 bits per heavy atom. The van der Waals surface area contributed by atoms with E-state index >= 15 is 0 Å². The van der Waals surface area contributed by atoms with Crippen molar-refractivity contribution < 1.29 is 5.11 Å². The largest absolute Gasteiger partial charge is 0.392 e. The molecule has 1 N–H and O–H groups in total. The van der Waals surface area contributed by atoms with Crippen molar-refractivity contribution in [2.75, 3.05) is 6.61 Å². The fourth-order valence-electron chi connectivity index (χ4n) is 0.763. The molecular weight excluding hydrogens is 160 g/mol. The van der Waals surface area contributed by atoms with E-state index in [4.69, 9.17) is 16.7 Å². The van der Waals surface area contributed by atoms with Crippen LogP contribution in [0.25, 0.3) is 6.08 Å². The van der Waals surface area contributed by atoms with Gasteiger partial charge in [-0.25, -0.2) is 0 Å². The van der Waals surface area contributed by atoms with E-state index in [0.717, 1.165) is 10.6 Å². The summed E-state index contributed by atoms with van der Waals surface area (Å²) < 4.78 is 0. The Hall–Kier alpha value is -0.790. The van der Waals surface area contributed by atoms with Crippen molar-refractivity contribution in [2.45, 2.75) is 0 Å². The number of hydrogen-bond donors (Lipinski definition) is 1. The lowest BCUT2D eigenvalue weighted by Gasteiger charge is -1.91. The lowest BCUT2D eigenvalue weighted by molar-refractivity contribution is 0.343. The van der Waals surface area contributed by atoms with Crippen LogP contribution in [-0.2, 0) is 0 Å².